The van der Waals surface area contributed by atoms with E-state index in [4.69, 9.17) is 5.73 Å². The molecule has 1 rings (SSSR count). The predicted molar refractivity (Wildman–Crippen MR) is 74.5 cm³/mol. The lowest BCUT2D eigenvalue weighted by molar-refractivity contribution is -0.138. The molecule has 0 spiro atoms. The molecule has 8 heteroatoms. The molecule has 116 valence electrons. The van der Waals surface area contributed by atoms with Gasteiger partial charge in [-0.15, -0.1) is 0 Å². The van der Waals surface area contributed by atoms with Gasteiger partial charge in [0.1, 0.15) is 0 Å². The number of rotatable bonds is 4. The summed E-state index contributed by atoms with van der Waals surface area (Å²) in [5.74, 6) is -1.41. The number of amides is 2. The van der Waals surface area contributed by atoms with Crippen molar-refractivity contribution in [3.63, 3.8) is 0 Å². The van der Waals surface area contributed by atoms with Crippen LogP contribution in [0, 0.1) is 0 Å². The summed E-state index contributed by atoms with van der Waals surface area (Å²) in [6.07, 6.45) is -4.58. The second-order valence-electron chi connectivity index (χ2n) is 4.69. The van der Waals surface area contributed by atoms with Gasteiger partial charge in [-0.2, -0.15) is 13.2 Å². The molecule has 1 aromatic rings. The highest BCUT2D eigenvalue weighted by atomic mass is 79.9. The van der Waals surface area contributed by atoms with Gasteiger partial charge in [0.25, 0.3) is 5.91 Å². The number of alkyl halides is 3. The van der Waals surface area contributed by atoms with Crippen LogP contribution in [-0.2, 0) is 11.0 Å². The number of nitrogens with zero attached hydrogens (tertiary/aromatic N) is 1. The summed E-state index contributed by atoms with van der Waals surface area (Å²) in [5, 5.41) is 0. The largest absolute Gasteiger partial charge is 0.417 e. The van der Waals surface area contributed by atoms with Crippen molar-refractivity contribution in [2.45, 2.75) is 26.1 Å². The molecule has 0 saturated heterocycles. The van der Waals surface area contributed by atoms with Gasteiger partial charge in [-0.25, -0.2) is 0 Å². The average molecular weight is 367 g/mol. The Balaban J connectivity index is 3.20. The average Bonchev–Trinajstić information content (AvgIpc) is 2.33. The number of hydrogen-bond donors (Lipinski definition) is 1. The molecule has 4 nitrogen and oxygen atoms in total. The van der Waals surface area contributed by atoms with E-state index < -0.39 is 23.6 Å². The first-order valence-corrected chi connectivity index (χ1v) is 6.79. The summed E-state index contributed by atoms with van der Waals surface area (Å²) in [4.78, 5) is 24.3. The fraction of sp³-hybridized carbons (Fsp3) is 0.385. The molecular formula is C13H14BrF3N2O2. The highest BCUT2D eigenvalue weighted by molar-refractivity contribution is 9.10. The van der Waals surface area contributed by atoms with E-state index in [0.29, 0.717) is 0 Å². The van der Waals surface area contributed by atoms with Crippen LogP contribution in [0.25, 0.3) is 0 Å². The van der Waals surface area contributed by atoms with Crippen LogP contribution in [0.15, 0.2) is 22.7 Å². The number of carbonyl (C=O) groups excluding carboxylic acids is 2. The summed E-state index contributed by atoms with van der Waals surface area (Å²) >= 11 is 2.80. The Bertz CT molecular complexity index is 559. The maximum Gasteiger partial charge on any atom is 0.417 e. The maximum atomic E-state index is 12.8. The van der Waals surface area contributed by atoms with Crippen LogP contribution in [0.3, 0.4) is 0 Å². The third kappa shape index (κ3) is 4.45. The van der Waals surface area contributed by atoms with Gasteiger partial charge >= 0.3 is 6.18 Å². The van der Waals surface area contributed by atoms with Gasteiger partial charge in [0.2, 0.25) is 5.91 Å². The highest BCUT2D eigenvalue weighted by Gasteiger charge is 2.34. The second kappa shape index (κ2) is 6.46. The van der Waals surface area contributed by atoms with Crippen molar-refractivity contribution in [1.29, 1.82) is 0 Å². The molecule has 0 radical (unpaired) electrons. The van der Waals surface area contributed by atoms with Crippen LogP contribution in [0.5, 0.6) is 0 Å². The van der Waals surface area contributed by atoms with Gasteiger partial charge in [-0.1, -0.05) is 15.9 Å². The summed E-state index contributed by atoms with van der Waals surface area (Å²) in [6.45, 7) is 2.93. The zero-order valence-electron chi connectivity index (χ0n) is 11.4. The van der Waals surface area contributed by atoms with E-state index in [1.165, 1.54) is 6.07 Å². The summed E-state index contributed by atoms with van der Waals surface area (Å²) < 4.78 is 38.3. The van der Waals surface area contributed by atoms with Crippen LogP contribution >= 0.6 is 15.9 Å². The SMILES string of the molecule is CC(C)N(CC(N)=O)C(=O)c1ccc(Br)c(C(F)(F)F)c1. The maximum absolute atomic E-state index is 12.8. The lowest BCUT2D eigenvalue weighted by Gasteiger charge is -2.25. The molecule has 0 saturated carbocycles. The Morgan fingerprint density at radius 3 is 2.33 bits per heavy atom. The van der Waals surface area contributed by atoms with Crippen molar-refractivity contribution in [3.8, 4) is 0 Å². The Morgan fingerprint density at radius 1 is 1.33 bits per heavy atom. The molecule has 2 amide bonds. The van der Waals surface area contributed by atoms with Crippen LogP contribution in [0.1, 0.15) is 29.8 Å². The van der Waals surface area contributed by atoms with Gasteiger partial charge in [-0.3, -0.25) is 9.59 Å². The Labute approximate surface area is 128 Å². The number of nitrogens with two attached hydrogens (primary N) is 1. The number of benzene rings is 1. The van der Waals surface area contributed by atoms with Gasteiger partial charge in [0.05, 0.1) is 12.1 Å². The lowest BCUT2D eigenvalue weighted by Crippen LogP contribution is -2.42. The molecule has 1 aromatic carbocycles. The molecule has 0 heterocycles. The smallest absolute Gasteiger partial charge is 0.368 e. The normalized spacial score (nSPS) is 11.6. The Morgan fingerprint density at radius 2 is 1.90 bits per heavy atom. The predicted octanol–water partition coefficient (Wildman–Crippen LogP) is 2.80. The minimum Gasteiger partial charge on any atom is -0.368 e. The zero-order chi connectivity index (χ0) is 16.4. The van der Waals surface area contributed by atoms with Crippen LogP contribution in [0.2, 0.25) is 0 Å². The Kier molecular flexibility index (Phi) is 5.38. The van der Waals surface area contributed by atoms with Crippen LogP contribution in [0.4, 0.5) is 13.2 Å². The molecule has 0 unspecified atom stereocenters. The fourth-order valence-electron chi connectivity index (χ4n) is 1.70. The van der Waals surface area contributed by atoms with E-state index in [1.807, 2.05) is 0 Å². The first kappa shape index (κ1) is 17.5. The number of hydrogen-bond acceptors (Lipinski definition) is 2. The van der Waals surface area contributed by atoms with Crippen LogP contribution < -0.4 is 5.73 Å². The van der Waals surface area contributed by atoms with Crippen molar-refractivity contribution in [1.82, 2.24) is 4.90 Å². The minimum atomic E-state index is -4.58. The van der Waals surface area contributed by atoms with Crippen molar-refractivity contribution in [2.75, 3.05) is 6.54 Å². The van der Waals surface area contributed by atoms with Crippen LogP contribution in [-0.4, -0.2) is 29.3 Å². The molecule has 0 atom stereocenters. The quantitative estimate of drug-likeness (QED) is 0.890. The van der Waals surface area contributed by atoms with E-state index in [-0.39, 0.29) is 22.6 Å². The first-order chi connectivity index (χ1) is 9.54. The second-order valence-corrected chi connectivity index (χ2v) is 5.54. The minimum absolute atomic E-state index is 0.152. The summed E-state index contributed by atoms with van der Waals surface area (Å²) in [7, 11) is 0. The third-order valence-electron chi connectivity index (χ3n) is 2.73. The molecule has 2 N–H and O–H groups in total. The van der Waals surface area contributed by atoms with Gasteiger partial charge < -0.3 is 10.6 Å². The molecule has 0 bridgehead atoms. The summed E-state index contributed by atoms with van der Waals surface area (Å²) in [5.41, 5.74) is 3.95. The third-order valence-corrected chi connectivity index (χ3v) is 3.42. The number of halogens is 4. The Hall–Kier alpha value is -1.57. The number of primary amides is 1. The molecule has 0 aliphatic rings. The number of carbonyl (C=O) groups is 2. The van der Waals surface area contributed by atoms with Gasteiger partial charge in [0, 0.05) is 16.1 Å². The van der Waals surface area contributed by atoms with E-state index in [0.717, 1.165) is 17.0 Å². The molecule has 0 fully saturated rings. The molecule has 0 aliphatic heterocycles. The van der Waals surface area contributed by atoms with E-state index in [9.17, 15) is 22.8 Å². The molecule has 0 aromatic heterocycles. The lowest BCUT2D eigenvalue weighted by atomic mass is 10.1. The summed E-state index contributed by atoms with van der Waals surface area (Å²) in [6, 6.07) is 2.79. The van der Waals surface area contributed by atoms with Crippen molar-refractivity contribution >= 4 is 27.7 Å². The van der Waals surface area contributed by atoms with Crippen molar-refractivity contribution in [3.05, 3.63) is 33.8 Å². The zero-order valence-corrected chi connectivity index (χ0v) is 13.0. The highest BCUT2D eigenvalue weighted by Crippen LogP contribution is 2.35. The standard InChI is InChI=1S/C13H14BrF3N2O2/c1-7(2)19(6-11(18)20)12(21)8-3-4-10(14)9(5-8)13(15,16)17/h3-5,7H,6H2,1-2H3,(H2,18,20). The van der Waals surface area contributed by atoms with Crippen molar-refractivity contribution in [2.24, 2.45) is 5.73 Å². The molecule has 21 heavy (non-hydrogen) atoms. The molecule has 0 aliphatic carbocycles. The van der Waals surface area contributed by atoms with Crippen molar-refractivity contribution < 1.29 is 22.8 Å². The first-order valence-electron chi connectivity index (χ1n) is 6.00. The van der Waals surface area contributed by atoms with E-state index >= 15 is 0 Å². The molecular weight excluding hydrogens is 353 g/mol. The van der Waals surface area contributed by atoms with E-state index in [1.54, 1.807) is 13.8 Å². The van der Waals surface area contributed by atoms with E-state index in [2.05, 4.69) is 15.9 Å². The topological polar surface area (TPSA) is 63.4 Å². The van der Waals surface area contributed by atoms with Gasteiger partial charge in [-0.05, 0) is 32.0 Å². The monoisotopic (exact) mass is 366 g/mol. The van der Waals surface area contributed by atoms with Gasteiger partial charge in [0.15, 0.2) is 0 Å². The fourth-order valence-corrected chi connectivity index (χ4v) is 2.17.